The van der Waals surface area contributed by atoms with Crippen molar-refractivity contribution in [1.82, 2.24) is 14.9 Å². The quantitative estimate of drug-likeness (QED) is 0.640. The molecule has 0 aromatic carbocycles. The number of hydrogen-bond acceptors (Lipinski definition) is 4. The third-order valence-electron chi connectivity index (χ3n) is 2.92. The average molecular weight is 213 g/mol. The van der Waals surface area contributed by atoms with E-state index in [-0.39, 0.29) is 24.2 Å². The molecular weight excluding hydrogens is 198 g/mol. The molecule has 2 aliphatic heterocycles. The van der Waals surface area contributed by atoms with Crippen LogP contribution in [0.5, 0.6) is 0 Å². The molecule has 2 saturated heterocycles. The van der Waals surface area contributed by atoms with E-state index in [1.165, 1.54) is 12.1 Å². The first kappa shape index (κ1) is 10.4. The third-order valence-corrected chi connectivity index (χ3v) is 2.92. The van der Waals surface area contributed by atoms with Gasteiger partial charge < -0.3 is 4.74 Å². The van der Waals surface area contributed by atoms with E-state index in [2.05, 4.69) is 0 Å². The van der Waals surface area contributed by atoms with Crippen LogP contribution in [0.25, 0.3) is 0 Å². The van der Waals surface area contributed by atoms with E-state index < -0.39 is 0 Å². The minimum Gasteiger partial charge on any atom is -0.362 e. The fourth-order valence-corrected chi connectivity index (χ4v) is 2.06. The molecule has 2 atom stereocenters. The van der Waals surface area contributed by atoms with Crippen molar-refractivity contribution in [2.24, 2.45) is 0 Å². The molecule has 6 nitrogen and oxygen atoms in total. The second-order valence-electron chi connectivity index (χ2n) is 3.74. The van der Waals surface area contributed by atoms with Crippen molar-refractivity contribution >= 4 is 11.9 Å². The van der Waals surface area contributed by atoms with Gasteiger partial charge in [0.2, 0.25) is 5.91 Å². The molecule has 2 fully saturated rings. The lowest BCUT2D eigenvalue weighted by Gasteiger charge is -2.54. The number of imide groups is 1. The summed E-state index contributed by atoms with van der Waals surface area (Å²) in [6, 6.07) is -0.532. The van der Waals surface area contributed by atoms with E-state index in [0.29, 0.717) is 13.0 Å². The number of hydrazine groups is 1. The Balaban J connectivity index is 2.14. The zero-order chi connectivity index (χ0) is 11.2. The van der Waals surface area contributed by atoms with Gasteiger partial charge in [-0.2, -0.15) is 5.01 Å². The van der Waals surface area contributed by atoms with Crippen LogP contribution in [0.4, 0.5) is 4.79 Å². The van der Waals surface area contributed by atoms with Crippen molar-refractivity contribution in [2.75, 3.05) is 20.7 Å². The number of carbonyl (C=O) groups is 2. The summed E-state index contributed by atoms with van der Waals surface area (Å²) in [6.07, 6.45) is 0.529. The highest BCUT2D eigenvalue weighted by Gasteiger charge is 2.53. The van der Waals surface area contributed by atoms with Gasteiger partial charge in [-0.05, 0) is 6.92 Å². The molecule has 0 aromatic heterocycles. The van der Waals surface area contributed by atoms with E-state index >= 15 is 0 Å². The lowest BCUT2D eigenvalue weighted by atomic mass is 10.0. The molecule has 0 saturated carbocycles. The summed E-state index contributed by atoms with van der Waals surface area (Å²) in [5.41, 5.74) is 0. The van der Waals surface area contributed by atoms with Crippen molar-refractivity contribution < 1.29 is 14.3 Å². The second kappa shape index (κ2) is 3.46. The molecule has 84 valence electrons. The fraction of sp³-hybridized carbons (Fsp3) is 0.778. The van der Waals surface area contributed by atoms with Crippen LogP contribution in [0.15, 0.2) is 0 Å². The van der Waals surface area contributed by atoms with Crippen LogP contribution in [-0.2, 0) is 9.53 Å². The van der Waals surface area contributed by atoms with Gasteiger partial charge >= 0.3 is 6.03 Å². The number of urea groups is 1. The Morgan fingerprint density at radius 3 is 2.67 bits per heavy atom. The molecule has 2 unspecified atom stereocenters. The van der Waals surface area contributed by atoms with Crippen LogP contribution in [0.2, 0.25) is 0 Å². The van der Waals surface area contributed by atoms with Crippen molar-refractivity contribution in [3.63, 3.8) is 0 Å². The van der Waals surface area contributed by atoms with Crippen molar-refractivity contribution in [2.45, 2.75) is 25.6 Å². The van der Waals surface area contributed by atoms with Gasteiger partial charge in [-0.15, -0.1) is 0 Å². The molecule has 2 rings (SSSR count). The number of fused-ring (bicyclic) bond motifs is 1. The minimum absolute atomic E-state index is 0.133. The van der Waals surface area contributed by atoms with Gasteiger partial charge in [-0.3, -0.25) is 14.7 Å². The molecule has 2 heterocycles. The van der Waals surface area contributed by atoms with Gasteiger partial charge in [0, 0.05) is 27.1 Å². The van der Waals surface area contributed by atoms with Crippen LogP contribution in [0, 0.1) is 0 Å². The van der Waals surface area contributed by atoms with E-state index in [4.69, 9.17) is 4.74 Å². The summed E-state index contributed by atoms with van der Waals surface area (Å²) >= 11 is 0. The number of rotatable bonds is 2. The molecule has 6 heteroatoms. The van der Waals surface area contributed by atoms with E-state index in [9.17, 15) is 9.59 Å². The standard InChI is InChI=1S/C9H15N3O3/c1-4-15-7-5-6-8(13)10(2)9(14)11(3)12(6)7/h6-7H,4-5H2,1-3H3. The molecule has 0 aromatic rings. The monoisotopic (exact) mass is 213 g/mol. The van der Waals surface area contributed by atoms with Crippen LogP contribution in [0.1, 0.15) is 13.3 Å². The third kappa shape index (κ3) is 1.32. The van der Waals surface area contributed by atoms with Crippen molar-refractivity contribution in [3.05, 3.63) is 0 Å². The topological polar surface area (TPSA) is 53.1 Å². The van der Waals surface area contributed by atoms with Gasteiger partial charge in [0.05, 0.1) is 0 Å². The SMILES string of the molecule is CCOC1CC2C(=O)N(C)C(=O)N(C)N12. The summed E-state index contributed by atoms with van der Waals surface area (Å²) < 4.78 is 5.41. The molecule has 3 amide bonds. The summed E-state index contributed by atoms with van der Waals surface area (Å²) in [6.45, 7) is 2.48. The number of amides is 3. The smallest absolute Gasteiger partial charge is 0.340 e. The van der Waals surface area contributed by atoms with Gasteiger partial charge in [-0.25, -0.2) is 4.79 Å². The molecule has 2 aliphatic rings. The summed E-state index contributed by atoms with van der Waals surface area (Å²) in [5.74, 6) is -0.144. The maximum atomic E-state index is 11.7. The van der Waals surface area contributed by atoms with E-state index in [1.807, 2.05) is 6.92 Å². The Morgan fingerprint density at radius 2 is 2.07 bits per heavy atom. The number of nitrogens with zero attached hydrogens (tertiary/aromatic N) is 3. The number of ether oxygens (including phenoxy) is 1. The zero-order valence-electron chi connectivity index (χ0n) is 9.14. The van der Waals surface area contributed by atoms with Gasteiger partial charge in [0.1, 0.15) is 12.3 Å². The van der Waals surface area contributed by atoms with Gasteiger partial charge in [0.15, 0.2) is 0 Å². The Bertz CT molecular complexity index is 289. The first-order valence-electron chi connectivity index (χ1n) is 5.03. The Labute approximate surface area is 88.3 Å². The molecule has 0 aliphatic carbocycles. The number of hydrogen-bond donors (Lipinski definition) is 0. The van der Waals surface area contributed by atoms with Crippen LogP contribution in [-0.4, -0.2) is 59.8 Å². The van der Waals surface area contributed by atoms with Crippen molar-refractivity contribution in [1.29, 1.82) is 0 Å². The lowest BCUT2D eigenvalue weighted by molar-refractivity contribution is -0.241. The molecule has 15 heavy (non-hydrogen) atoms. The highest BCUT2D eigenvalue weighted by Crippen LogP contribution is 2.32. The summed E-state index contributed by atoms with van der Waals surface area (Å²) in [4.78, 5) is 24.4. The van der Waals surface area contributed by atoms with Crippen LogP contribution < -0.4 is 0 Å². The first-order chi connectivity index (χ1) is 7.07. The molecule has 0 radical (unpaired) electrons. The highest BCUT2D eigenvalue weighted by molar-refractivity contribution is 5.99. The van der Waals surface area contributed by atoms with E-state index in [1.54, 1.807) is 12.1 Å². The summed E-state index contributed by atoms with van der Waals surface area (Å²) in [5, 5.41) is 3.16. The summed E-state index contributed by atoms with van der Waals surface area (Å²) in [7, 11) is 3.16. The maximum absolute atomic E-state index is 11.7. The molecule has 0 bridgehead atoms. The fourth-order valence-electron chi connectivity index (χ4n) is 2.06. The largest absolute Gasteiger partial charge is 0.362 e. The van der Waals surface area contributed by atoms with Gasteiger partial charge in [-0.1, -0.05) is 0 Å². The highest BCUT2D eigenvalue weighted by atomic mass is 16.5. The van der Waals surface area contributed by atoms with Crippen molar-refractivity contribution in [3.8, 4) is 0 Å². The molecule has 0 spiro atoms. The number of carbonyl (C=O) groups excluding carboxylic acids is 2. The second-order valence-corrected chi connectivity index (χ2v) is 3.74. The van der Waals surface area contributed by atoms with Crippen LogP contribution in [0.3, 0.4) is 0 Å². The molecule has 0 N–H and O–H groups in total. The van der Waals surface area contributed by atoms with Crippen LogP contribution >= 0.6 is 0 Å². The lowest BCUT2D eigenvalue weighted by Crippen LogP contribution is -2.74. The average Bonchev–Trinajstić information content (AvgIpc) is 2.18. The normalized spacial score (nSPS) is 31.7. The first-order valence-corrected chi connectivity index (χ1v) is 5.03. The zero-order valence-corrected chi connectivity index (χ0v) is 9.14. The van der Waals surface area contributed by atoms with E-state index in [0.717, 1.165) is 4.90 Å². The van der Waals surface area contributed by atoms with Gasteiger partial charge in [0.25, 0.3) is 0 Å². The molecular formula is C9H15N3O3. The maximum Gasteiger partial charge on any atom is 0.340 e. The predicted octanol–water partition coefficient (Wildman–Crippen LogP) is -0.138. The minimum atomic E-state index is -0.305. The Kier molecular flexibility index (Phi) is 2.40. The Morgan fingerprint density at radius 1 is 1.40 bits per heavy atom. The Hall–Kier alpha value is -1.14. The predicted molar refractivity (Wildman–Crippen MR) is 51.6 cm³/mol. The number of likely N-dealkylation sites (N-methyl/N-ethyl adjacent to an activating group) is 1.